The number of nitrogens with two attached hydrogens (primary N) is 3. The summed E-state index contributed by atoms with van der Waals surface area (Å²) in [6.45, 7) is 14.6. The van der Waals surface area contributed by atoms with Crippen molar-refractivity contribution in [1.29, 1.82) is 0 Å². The predicted octanol–water partition coefficient (Wildman–Crippen LogP) is 5.76. The van der Waals surface area contributed by atoms with E-state index in [1.807, 2.05) is 71.1 Å². The van der Waals surface area contributed by atoms with Gasteiger partial charge in [-0.05, 0) is 100 Å². The number of benzene rings is 1. The lowest BCUT2D eigenvalue weighted by molar-refractivity contribution is -0.159. The summed E-state index contributed by atoms with van der Waals surface area (Å²) in [6.07, 6.45) is 5.20. The number of nitrogens with one attached hydrogen (secondary N) is 5. The Bertz CT molecular complexity index is 4800. The fourth-order valence-corrected chi connectivity index (χ4v) is 16.1. The number of hydrogen-bond acceptors (Lipinski definition) is 32. The summed E-state index contributed by atoms with van der Waals surface area (Å²) in [5, 5.41) is 57.2. The number of carbonyl (C=O) groups excluding carboxylic acids is 9. The molecule has 4 aromatic rings. The molecule has 3 fully saturated rings. The van der Waals surface area contributed by atoms with Gasteiger partial charge in [-0.15, -0.1) is 0 Å². The Labute approximate surface area is 731 Å². The van der Waals surface area contributed by atoms with Crippen molar-refractivity contribution in [3.63, 3.8) is 0 Å². The number of aliphatic carboxylic acids is 5. The number of nitrogen functional groups attached to an aromatic ring is 1. The highest BCUT2D eigenvalue weighted by molar-refractivity contribution is 8.76. The first-order valence-corrected chi connectivity index (χ1v) is 43.1. The van der Waals surface area contributed by atoms with Gasteiger partial charge in [0.25, 0.3) is 11.5 Å². The first-order chi connectivity index (χ1) is 59.6. The number of aliphatic imine (C=N–C) groups is 1. The number of Topliss-reactive ketones (excluding diaryl/α,β-unsaturated/α-hetero) is 3. The van der Waals surface area contributed by atoms with Crippen LogP contribution in [0.15, 0.2) is 92.5 Å². The van der Waals surface area contributed by atoms with Crippen LogP contribution in [-0.4, -0.2) is 238 Å². The van der Waals surface area contributed by atoms with E-state index in [0.717, 1.165) is 16.8 Å². The second kappa shape index (κ2) is 48.5. The minimum Gasteiger partial charge on any atom is -0.481 e. The molecule has 0 radical (unpaired) electrons. The van der Waals surface area contributed by atoms with E-state index in [-0.39, 0.29) is 110 Å². The maximum Gasteiger partial charge on any atom is 0.508 e. The highest BCUT2D eigenvalue weighted by Crippen LogP contribution is 2.46. The van der Waals surface area contributed by atoms with Crippen LogP contribution in [0.3, 0.4) is 0 Å². The maximum atomic E-state index is 13.8. The lowest BCUT2D eigenvalue weighted by Gasteiger charge is -2.33. The number of amides is 3. The fourth-order valence-electron chi connectivity index (χ4n) is 13.9. The molecule has 126 heavy (non-hydrogen) atoms. The van der Waals surface area contributed by atoms with E-state index in [9.17, 15) is 92.3 Å². The van der Waals surface area contributed by atoms with Gasteiger partial charge in [-0.3, -0.25) is 67.5 Å². The molecule has 686 valence electrons. The topological polar surface area (TPSA) is 647 Å². The number of rotatable bonds is 45. The molecule has 3 aromatic heterocycles. The van der Waals surface area contributed by atoms with Crippen LogP contribution in [-0.2, 0) is 97.2 Å². The number of fused-ring (bicyclic) bond motifs is 5. The lowest BCUT2D eigenvalue weighted by Crippen LogP contribution is -2.48. The summed E-state index contributed by atoms with van der Waals surface area (Å²) in [5.74, 6) is -16.5. The van der Waals surface area contributed by atoms with Crippen molar-refractivity contribution in [2.75, 3.05) is 42.8 Å². The van der Waals surface area contributed by atoms with Crippen LogP contribution >= 0.6 is 21.6 Å². The molecule has 41 nitrogen and oxygen atoms in total. The molecular weight excluding hydrogens is 1690 g/mol. The molecule has 4 aliphatic rings. The summed E-state index contributed by atoms with van der Waals surface area (Å²) in [6, 6.07) is 1.11. The van der Waals surface area contributed by atoms with Gasteiger partial charge >= 0.3 is 47.9 Å². The molecule has 1 aromatic carbocycles. The van der Waals surface area contributed by atoms with Crippen LogP contribution in [0.5, 0.6) is 0 Å². The maximum absolute atomic E-state index is 13.8. The minimum absolute atomic E-state index is 0.00122. The molecule has 3 amide bonds. The van der Waals surface area contributed by atoms with Crippen LogP contribution < -0.4 is 44.0 Å². The van der Waals surface area contributed by atoms with Crippen LogP contribution in [0.4, 0.5) is 16.4 Å². The number of carbonyl (C=O) groups is 14. The molecule has 17 atom stereocenters. The molecule has 0 spiro atoms. The number of anilines is 2. The number of carboxylic acids is 5. The predicted molar refractivity (Wildman–Crippen MR) is 454 cm³/mol. The third kappa shape index (κ3) is 32.5. The van der Waals surface area contributed by atoms with Crippen molar-refractivity contribution in [1.82, 2.24) is 40.9 Å². The highest BCUT2D eigenvalue weighted by Gasteiger charge is 2.60. The monoisotopic (exact) mass is 1800 g/mol. The first kappa shape index (κ1) is 101. The molecule has 2 bridgehead atoms. The van der Waals surface area contributed by atoms with E-state index in [2.05, 4.69) is 51.2 Å². The van der Waals surface area contributed by atoms with Crippen LogP contribution in [0.25, 0.3) is 17.2 Å². The van der Waals surface area contributed by atoms with Crippen molar-refractivity contribution >= 4 is 139 Å². The minimum atomic E-state index is -1.66. The Hall–Kier alpha value is -12.0. The second-order valence-electron chi connectivity index (χ2n) is 31.2. The van der Waals surface area contributed by atoms with E-state index in [1.165, 1.54) is 59.0 Å². The lowest BCUT2D eigenvalue weighted by atomic mass is 9.84. The SMILES string of the molecule is CCC(=O)[C@H](CC(=O)O)NC(=O)[C@H](CC(=O)O)CC(=O)[C@H](CCCN=C(N)N)NC(=O)[C@H](CC(=O)O)CC(=O)CC[C@H](NC(=O)c1ccc(NCc2cnc3nc(N)[nH]c(=O)c3n2)cc1)C(=O)O.CO[C@@H](/C(C)=C/C=C/C(C)=C/c1coc(C)n1)[C@@H](C)[C@@H]1C[C@H](OC(=O)OCCSSC[C@H](C)C(=O)O)[C@@]2(C)O[C@@H]2/C=C/[C@@H](C)[C@H]2C[C@H](CC(=O)O2)C[C@@H]2O[C@H]2C(=O)O1. The highest BCUT2D eigenvalue weighted by atomic mass is 33.1. The van der Waals surface area contributed by atoms with Gasteiger partial charge in [0.15, 0.2) is 40.7 Å². The number of guanidine groups is 1. The Kier molecular flexibility index (Phi) is 38.9. The molecular formula is C83H109N13O28S2. The number of epoxide rings is 2. The number of aromatic amines is 1. The van der Waals surface area contributed by atoms with E-state index in [4.69, 9.17) is 59.9 Å². The third-order valence-corrected chi connectivity index (χ3v) is 23.6. The van der Waals surface area contributed by atoms with Crippen molar-refractivity contribution in [2.24, 2.45) is 52.0 Å². The zero-order valence-corrected chi connectivity index (χ0v) is 72.6. The van der Waals surface area contributed by atoms with E-state index < -0.39 is 205 Å². The van der Waals surface area contributed by atoms with Gasteiger partial charge in [0.1, 0.15) is 60.4 Å². The molecule has 8 rings (SSSR count). The largest absolute Gasteiger partial charge is 0.508 e. The van der Waals surface area contributed by atoms with Gasteiger partial charge in [-0.25, -0.2) is 29.3 Å². The van der Waals surface area contributed by atoms with Gasteiger partial charge < -0.3 is 102 Å². The number of hydrogen-bond donors (Lipinski definition) is 13. The molecule has 4 aliphatic heterocycles. The van der Waals surface area contributed by atoms with Crippen LogP contribution in [0.1, 0.15) is 166 Å². The average molecular weight is 1800 g/mol. The van der Waals surface area contributed by atoms with E-state index in [1.54, 1.807) is 27.2 Å². The standard InChI is InChI=1S/C42H57NO13S2.C41H52N12O15/c1-23(16-30-21-51-28(6)43-30)10-9-11-25(3)37(49-8)27(5)32-20-35(55-41(48)50-14-15-57-58-22-26(4)39(45)46)42(7)34(56-42)13-12-24(2)31-17-29(19-36(44)52-31)18-33-38(53-33)40(47)54-32;1-2-28(55)27(16-32(61)62)51-37(65)21(15-31(59)60)13-29(56)25(4-3-11-45-40(42)43)49-36(64)20(14-30(57)58)12-24(54)9-10-26(39(67)68)50-35(63)19-5-7-22(8-6-19)46-17-23-18-47-34-33(48-23)38(66)53-41(44)52-34/h9-13,16,21,24,26-27,29,31-35,37-38H,14-15,17-20,22H2,1-8H3,(H,45,46);5-8,18,20-21,25-27,46H,2-4,9-17H2,1H3,(H,49,64)(H,50,63)(H,51,65)(H,57,58)(H,59,60)(H,61,62)(H,67,68)(H4,42,43,45)(H3,44,47,52,53,66)/b10-9+,13-12+,23-16+,25-11+;/t24-,26+,27+,29+,31-,32+,33+,34-,35+,37+,38-,42+;20-,21-,25-,26-,27-/m10/s1. The smallest absolute Gasteiger partial charge is 0.481 e. The summed E-state index contributed by atoms with van der Waals surface area (Å²) in [5.41, 5.74) is 18.2. The van der Waals surface area contributed by atoms with Gasteiger partial charge in [-0.1, -0.05) is 79.7 Å². The Balaban J connectivity index is 0.000000350. The quantitative estimate of drug-likeness (QED) is 0.00288. The number of ether oxygens (including phenoxy) is 7. The Morgan fingerprint density at radius 3 is 2.10 bits per heavy atom. The van der Waals surface area contributed by atoms with Gasteiger partial charge in [-0.2, -0.15) is 4.98 Å². The van der Waals surface area contributed by atoms with Crippen molar-refractivity contribution in [3.8, 4) is 0 Å². The summed E-state index contributed by atoms with van der Waals surface area (Å²) < 4.78 is 46.9. The van der Waals surface area contributed by atoms with Crippen molar-refractivity contribution < 1.29 is 130 Å². The molecule has 0 saturated carbocycles. The first-order valence-electron chi connectivity index (χ1n) is 40.6. The zero-order valence-electron chi connectivity index (χ0n) is 71.0. The van der Waals surface area contributed by atoms with Crippen LogP contribution in [0.2, 0.25) is 0 Å². The van der Waals surface area contributed by atoms with Gasteiger partial charge in [0, 0.05) is 93.7 Å². The van der Waals surface area contributed by atoms with Gasteiger partial charge in [0.2, 0.25) is 17.8 Å². The number of aryl methyl sites for hydroxylation is 1. The van der Waals surface area contributed by atoms with Gasteiger partial charge in [0.05, 0.1) is 79.7 Å². The number of esters is 2. The molecule has 16 N–H and O–H groups in total. The number of H-pyrrole nitrogens is 1. The summed E-state index contributed by atoms with van der Waals surface area (Å²) >= 11 is 0. The Morgan fingerprint density at radius 2 is 1.47 bits per heavy atom. The number of cyclic esters (lactones) is 1. The molecule has 0 aliphatic carbocycles. The average Bonchev–Trinajstić information content (AvgIpc) is 1.59. The summed E-state index contributed by atoms with van der Waals surface area (Å²) in [7, 11) is 4.39. The van der Waals surface area contributed by atoms with E-state index in [0.29, 0.717) is 41.6 Å². The zero-order chi connectivity index (χ0) is 92.8. The number of ketones is 3. The normalized spacial score (nSPS) is 22.0. The third-order valence-electron chi connectivity index (χ3n) is 21.1. The number of aromatic nitrogens is 5. The molecule has 7 heterocycles. The van der Waals surface area contributed by atoms with E-state index >= 15 is 0 Å². The number of carboxylic acid groups (broad SMARTS) is 5. The number of oxazole rings is 1. The fraction of sp³-hybridized carbons (Fsp3) is 0.542. The Morgan fingerprint density at radius 1 is 0.794 bits per heavy atom. The number of allylic oxidation sites excluding steroid dienone is 4. The second-order valence-corrected chi connectivity index (χ2v) is 33.8. The molecule has 3 saturated heterocycles. The number of methoxy groups -OCH3 is 1. The van der Waals surface area contributed by atoms with Crippen molar-refractivity contribution in [2.45, 2.75) is 218 Å². The number of nitrogens with zero attached hydrogens (tertiary/aromatic N) is 5. The van der Waals surface area contributed by atoms with Crippen molar-refractivity contribution in [3.05, 3.63) is 111 Å². The van der Waals surface area contributed by atoms with Crippen LogP contribution in [0, 0.1) is 42.4 Å². The summed E-state index contributed by atoms with van der Waals surface area (Å²) in [4.78, 5) is 212. The molecule has 0 unspecified atom stereocenters. The molecule has 43 heteroatoms.